The zero-order valence-corrected chi connectivity index (χ0v) is 9.28. The van der Waals surface area contributed by atoms with E-state index < -0.39 is 43.6 Å². The molecule has 0 aliphatic heterocycles. The standard InChI is InChI=1S/C10H16O7/c1-2-3-8(14)17-5-7(13)10(16)9(15)6(12)4-11/h6-7,9-13,15-16H,4-5H2,1H3/t6-,7+,9+,10+/m0/s1. The molecule has 0 rings (SSSR count). The van der Waals surface area contributed by atoms with Crippen LogP contribution in [0.1, 0.15) is 6.92 Å². The van der Waals surface area contributed by atoms with Crippen molar-refractivity contribution in [2.75, 3.05) is 13.2 Å². The van der Waals surface area contributed by atoms with Gasteiger partial charge in [-0.25, -0.2) is 4.79 Å². The van der Waals surface area contributed by atoms with E-state index in [9.17, 15) is 20.1 Å². The van der Waals surface area contributed by atoms with Crippen LogP contribution in [0.4, 0.5) is 0 Å². The lowest BCUT2D eigenvalue weighted by Crippen LogP contribution is -2.47. The minimum Gasteiger partial charge on any atom is -0.453 e. The summed E-state index contributed by atoms with van der Waals surface area (Å²) in [5.41, 5.74) is 0. The molecule has 0 aliphatic rings. The highest BCUT2D eigenvalue weighted by Gasteiger charge is 2.30. The number of hydrogen-bond donors (Lipinski definition) is 5. The molecule has 0 spiro atoms. The Balaban J connectivity index is 4.16. The second kappa shape index (κ2) is 8.00. The van der Waals surface area contributed by atoms with Gasteiger partial charge in [0.1, 0.15) is 31.0 Å². The van der Waals surface area contributed by atoms with Crippen LogP contribution < -0.4 is 0 Å². The van der Waals surface area contributed by atoms with Crippen LogP contribution in [0.2, 0.25) is 0 Å². The van der Waals surface area contributed by atoms with E-state index in [1.54, 1.807) is 0 Å². The Morgan fingerprint density at radius 3 is 2.18 bits per heavy atom. The minimum absolute atomic E-state index is 0.579. The fourth-order valence-electron chi connectivity index (χ4n) is 0.961. The van der Waals surface area contributed by atoms with Gasteiger partial charge in [0.15, 0.2) is 0 Å². The maximum atomic E-state index is 10.8. The molecule has 0 fully saturated rings. The van der Waals surface area contributed by atoms with Crippen molar-refractivity contribution in [2.45, 2.75) is 31.3 Å². The van der Waals surface area contributed by atoms with E-state index in [2.05, 4.69) is 10.7 Å². The van der Waals surface area contributed by atoms with Gasteiger partial charge in [-0.05, 0) is 6.92 Å². The van der Waals surface area contributed by atoms with Gasteiger partial charge in [-0.2, -0.15) is 0 Å². The maximum absolute atomic E-state index is 10.8. The van der Waals surface area contributed by atoms with E-state index in [0.29, 0.717) is 0 Å². The smallest absolute Gasteiger partial charge is 0.384 e. The Hall–Kier alpha value is -1.17. The molecular weight excluding hydrogens is 232 g/mol. The summed E-state index contributed by atoms with van der Waals surface area (Å²) in [6.07, 6.45) is -6.68. The van der Waals surface area contributed by atoms with Gasteiger partial charge in [0, 0.05) is 5.92 Å². The van der Waals surface area contributed by atoms with E-state index in [1.165, 1.54) is 6.92 Å². The van der Waals surface area contributed by atoms with Gasteiger partial charge in [0.2, 0.25) is 0 Å². The molecule has 98 valence electrons. The Kier molecular flexibility index (Phi) is 7.45. The molecule has 0 saturated carbocycles. The SMILES string of the molecule is CC#CC(=O)OC[C@@H](O)[C@@H](O)[C@H](O)[C@@H](O)CO. The molecule has 0 aromatic heterocycles. The van der Waals surface area contributed by atoms with Crippen LogP contribution in [0.25, 0.3) is 0 Å². The van der Waals surface area contributed by atoms with Crippen molar-refractivity contribution < 1.29 is 35.1 Å². The van der Waals surface area contributed by atoms with Crippen molar-refractivity contribution in [2.24, 2.45) is 0 Å². The van der Waals surface area contributed by atoms with Gasteiger partial charge in [0.05, 0.1) is 6.61 Å². The summed E-state index contributed by atoms with van der Waals surface area (Å²) in [4.78, 5) is 10.8. The summed E-state index contributed by atoms with van der Waals surface area (Å²) in [5, 5.41) is 45.4. The highest BCUT2D eigenvalue weighted by atomic mass is 16.5. The van der Waals surface area contributed by atoms with Gasteiger partial charge in [-0.1, -0.05) is 5.92 Å². The molecule has 0 radical (unpaired) electrons. The van der Waals surface area contributed by atoms with Crippen molar-refractivity contribution >= 4 is 5.97 Å². The zero-order chi connectivity index (χ0) is 13.4. The highest BCUT2D eigenvalue weighted by molar-refractivity contribution is 5.88. The van der Waals surface area contributed by atoms with Gasteiger partial charge in [-0.3, -0.25) is 0 Å². The maximum Gasteiger partial charge on any atom is 0.384 e. The first-order valence-corrected chi connectivity index (χ1v) is 4.86. The third-order valence-electron chi connectivity index (χ3n) is 1.94. The topological polar surface area (TPSA) is 127 Å². The third-order valence-corrected chi connectivity index (χ3v) is 1.94. The normalized spacial score (nSPS) is 17.3. The second-order valence-electron chi connectivity index (χ2n) is 3.27. The predicted molar refractivity (Wildman–Crippen MR) is 55.5 cm³/mol. The summed E-state index contributed by atoms with van der Waals surface area (Å²) in [5.74, 6) is 3.45. The average molecular weight is 248 g/mol. The summed E-state index contributed by atoms with van der Waals surface area (Å²) in [6, 6.07) is 0. The number of carbonyl (C=O) groups excluding carboxylic acids is 1. The molecule has 4 atom stereocenters. The fraction of sp³-hybridized carbons (Fsp3) is 0.700. The summed E-state index contributed by atoms with van der Waals surface area (Å²) in [7, 11) is 0. The molecule has 0 bridgehead atoms. The number of rotatable bonds is 6. The number of esters is 1. The molecule has 0 aromatic rings. The molecule has 0 amide bonds. The highest BCUT2D eigenvalue weighted by Crippen LogP contribution is 2.05. The van der Waals surface area contributed by atoms with Crippen LogP contribution in [-0.2, 0) is 9.53 Å². The lowest BCUT2D eigenvalue weighted by Gasteiger charge is -2.25. The molecule has 0 unspecified atom stereocenters. The van der Waals surface area contributed by atoms with E-state index in [4.69, 9.17) is 10.2 Å². The molecule has 7 nitrogen and oxygen atoms in total. The Labute approximate surface area is 98.3 Å². The van der Waals surface area contributed by atoms with Crippen molar-refractivity contribution in [3.8, 4) is 11.8 Å². The van der Waals surface area contributed by atoms with E-state index in [1.807, 2.05) is 5.92 Å². The van der Waals surface area contributed by atoms with E-state index in [-0.39, 0.29) is 0 Å². The average Bonchev–Trinajstić information content (AvgIpc) is 2.33. The van der Waals surface area contributed by atoms with Crippen molar-refractivity contribution in [3.63, 3.8) is 0 Å². The first-order valence-electron chi connectivity index (χ1n) is 4.86. The molecule has 0 heterocycles. The third kappa shape index (κ3) is 5.63. The van der Waals surface area contributed by atoms with Crippen LogP contribution in [0, 0.1) is 11.8 Å². The largest absolute Gasteiger partial charge is 0.453 e. The Bertz CT molecular complexity index is 293. The molecule has 0 saturated heterocycles. The monoisotopic (exact) mass is 248 g/mol. The Morgan fingerprint density at radius 2 is 1.71 bits per heavy atom. The number of aliphatic hydroxyl groups is 5. The van der Waals surface area contributed by atoms with Crippen LogP contribution in [0.15, 0.2) is 0 Å². The van der Waals surface area contributed by atoms with Crippen molar-refractivity contribution in [3.05, 3.63) is 0 Å². The first-order chi connectivity index (χ1) is 7.93. The number of hydrogen-bond acceptors (Lipinski definition) is 7. The summed E-state index contributed by atoms with van der Waals surface area (Å²) >= 11 is 0. The van der Waals surface area contributed by atoms with E-state index >= 15 is 0 Å². The zero-order valence-electron chi connectivity index (χ0n) is 9.28. The molecule has 7 heteroatoms. The minimum atomic E-state index is -1.75. The number of ether oxygens (including phenoxy) is 1. The van der Waals surface area contributed by atoms with Gasteiger partial charge in [0.25, 0.3) is 0 Å². The van der Waals surface area contributed by atoms with Crippen molar-refractivity contribution in [1.29, 1.82) is 0 Å². The van der Waals surface area contributed by atoms with Crippen LogP contribution in [0.3, 0.4) is 0 Å². The van der Waals surface area contributed by atoms with Crippen molar-refractivity contribution in [1.82, 2.24) is 0 Å². The summed E-state index contributed by atoms with van der Waals surface area (Å²) in [6.45, 7) is 0.0732. The fourth-order valence-corrected chi connectivity index (χ4v) is 0.961. The molecule has 0 aliphatic carbocycles. The molecule has 0 aromatic carbocycles. The van der Waals surface area contributed by atoms with E-state index in [0.717, 1.165) is 0 Å². The van der Waals surface area contributed by atoms with Gasteiger partial charge >= 0.3 is 5.97 Å². The summed E-state index contributed by atoms with van der Waals surface area (Å²) < 4.78 is 4.45. The molecular formula is C10H16O7. The number of carbonyl (C=O) groups is 1. The van der Waals surface area contributed by atoms with Gasteiger partial charge < -0.3 is 30.3 Å². The van der Waals surface area contributed by atoms with Gasteiger partial charge in [-0.15, -0.1) is 0 Å². The van der Waals surface area contributed by atoms with Crippen LogP contribution >= 0.6 is 0 Å². The first kappa shape index (κ1) is 15.8. The molecule has 5 N–H and O–H groups in total. The number of aliphatic hydroxyl groups excluding tert-OH is 5. The quantitative estimate of drug-likeness (QED) is 0.192. The lowest BCUT2D eigenvalue weighted by atomic mass is 10.0. The second-order valence-corrected chi connectivity index (χ2v) is 3.27. The lowest BCUT2D eigenvalue weighted by molar-refractivity contribution is -0.150. The Morgan fingerprint density at radius 1 is 1.18 bits per heavy atom. The van der Waals surface area contributed by atoms with Crippen LogP contribution in [0.5, 0.6) is 0 Å². The van der Waals surface area contributed by atoms with Crippen LogP contribution in [-0.4, -0.2) is 69.1 Å². The predicted octanol–water partition coefficient (Wildman–Crippen LogP) is -3.01. The molecule has 17 heavy (non-hydrogen) atoms.